The van der Waals surface area contributed by atoms with Gasteiger partial charge in [0.1, 0.15) is 17.7 Å². The Hall–Kier alpha value is -2.61. The zero-order valence-corrected chi connectivity index (χ0v) is 18.9. The minimum atomic E-state index is -1.14. The number of nitrogens with one attached hydrogen (secondary N) is 1. The first-order valence-electron chi connectivity index (χ1n) is 11.4. The largest absolute Gasteiger partial charge is 0.345 e. The highest BCUT2D eigenvalue weighted by Crippen LogP contribution is 2.28. The monoisotopic (exact) mass is 443 g/mol. The summed E-state index contributed by atoms with van der Waals surface area (Å²) in [7, 11) is 1.80. The molecule has 1 fully saturated rings. The molecule has 0 saturated carbocycles. The Balaban J connectivity index is 1.56. The summed E-state index contributed by atoms with van der Waals surface area (Å²) in [5, 5.41) is 7.01. The molecular weight excluding hydrogens is 412 g/mol. The van der Waals surface area contributed by atoms with Crippen molar-refractivity contribution in [3.05, 3.63) is 41.5 Å². The van der Waals surface area contributed by atoms with Gasteiger partial charge in [0.2, 0.25) is 0 Å². The van der Waals surface area contributed by atoms with Crippen LogP contribution in [0.4, 0.5) is 8.78 Å². The second-order valence-corrected chi connectivity index (χ2v) is 9.26. The molecule has 1 aromatic heterocycles. The van der Waals surface area contributed by atoms with Gasteiger partial charge in [-0.25, -0.2) is 8.78 Å². The molecule has 0 bridgehead atoms. The van der Waals surface area contributed by atoms with E-state index in [4.69, 9.17) is 0 Å². The van der Waals surface area contributed by atoms with Crippen LogP contribution < -0.4 is 5.32 Å². The van der Waals surface area contributed by atoms with Crippen molar-refractivity contribution in [1.82, 2.24) is 20.0 Å². The Morgan fingerprint density at radius 1 is 1.31 bits per heavy atom. The lowest BCUT2D eigenvalue weighted by molar-refractivity contribution is -0.116. The van der Waals surface area contributed by atoms with Crippen LogP contribution >= 0.6 is 0 Å². The van der Waals surface area contributed by atoms with Crippen molar-refractivity contribution in [3.8, 4) is 11.1 Å². The number of rotatable bonds is 5. The molecule has 0 spiro atoms. The molecule has 1 N–H and O–H groups in total. The first kappa shape index (κ1) is 22.6. The van der Waals surface area contributed by atoms with Gasteiger partial charge >= 0.3 is 0 Å². The molecule has 2 atom stereocenters. The van der Waals surface area contributed by atoms with Crippen molar-refractivity contribution in [2.45, 2.75) is 45.3 Å². The van der Waals surface area contributed by atoms with Gasteiger partial charge in [0.15, 0.2) is 0 Å². The predicted octanol–water partition coefficient (Wildman–Crippen LogP) is 3.15. The molecule has 1 amide bonds. The normalized spacial score (nSPS) is 21.8. The number of piperidine rings is 1. The molecule has 1 saturated heterocycles. The van der Waals surface area contributed by atoms with Crippen molar-refractivity contribution in [3.63, 3.8) is 0 Å². The lowest BCUT2D eigenvalue weighted by Gasteiger charge is -2.35. The molecular formula is C24H31F2N5O. The Morgan fingerprint density at radius 3 is 2.81 bits per heavy atom. The van der Waals surface area contributed by atoms with Gasteiger partial charge in [0.25, 0.3) is 5.91 Å². The number of fused-ring (bicyclic) bond motifs is 1. The zero-order valence-electron chi connectivity index (χ0n) is 18.9. The van der Waals surface area contributed by atoms with Crippen LogP contribution in [-0.4, -0.2) is 64.7 Å². The zero-order chi connectivity index (χ0) is 22.8. The van der Waals surface area contributed by atoms with Crippen LogP contribution in [0.25, 0.3) is 11.1 Å². The summed E-state index contributed by atoms with van der Waals surface area (Å²) >= 11 is 0. The highest BCUT2D eigenvalue weighted by atomic mass is 19.1. The molecule has 3 heterocycles. The first-order chi connectivity index (χ1) is 15.3. The second-order valence-electron chi connectivity index (χ2n) is 9.26. The van der Waals surface area contributed by atoms with E-state index in [0.29, 0.717) is 55.0 Å². The minimum absolute atomic E-state index is 0.193. The van der Waals surface area contributed by atoms with E-state index in [1.807, 2.05) is 0 Å². The molecule has 8 heteroatoms. The van der Waals surface area contributed by atoms with Crippen LogP contribution in [0.5, 0.6) is 0 Å². The van der Waals surface area contributed by atoms with Gasteiger partial charge in [-0.15, -0.1) is 0 Å². The Morgan fingerprint density at radius 2 is 2.12 bits per heavy atom. The Bertz CT molecular complexity index is 1020. The molecule has 0 unspecified atom stereocenters. The predicted molar refractivity (Wildman–Crippen MR) is 121 cm³/mol. The second kappa shape index (κ2) is 9.48. The van der Waals surface area contributed by atoms with Gasteiger partial charge in [-0.1, -0.05) is 13.8 Å². The number of likely N-dealkylation sites (tertiary alicyclic amines) is 1. The third kappa shape index (κ3) is 4.90. The highest BCUT2D eigenvalue weighted by Gasteiger charge is 2.32. The summed E-state index contributed by atoms with van der Waals surface area (Å²) < 4.78 is 31.5. The molecule has 0 radical (unpaired) electrons. The number of carbonyl (C=O) groups excluding carboxylic acids is 1. The molecule has 172 valence electrons. The van der Waals surface area contributed by atoms with E-state index in [-0.39, 0.29) is 11.5 Å². The van der Waals surface area contributed by atoms with E-state index in [0.717, 1.165) is 18.7 Å². The number of amides is 1. The first-order valence-corrected chi connectivity index (χ1v) is 11.4. The summed E-state index contributed by atoms with van der Waals surface area (Å²) in [5.74, 6) is -0.316. The molecule has 2 aromatic rings. The highest BCUT2D eigenvalue weighted by molar-refractivity contribution is 6.46. The number of aliphatic imine (C=N–C) groups is 1. The summed E-state index contributed by atoms with van der Waals surface area (Å²) in [6.45, 7) is 6.56. The lowest BCUT2D eigenvalue weighted by Crippen LogP contribution is -2.54. The number of benzene rings is 1. The van der Waals surface area contributed by atoms with Gasteiger partial charge in [-0.3, -0.25) is 14.5 Å². The molecule has 4 rings (SSSR count). The number of alkyl halides is 1. The van der Waals surface area contributed by atoms with Crippen molar-refractivity contribution in [1.29, 1.82) is 0 Å². The number of aromatic nitrogens is 2. The molecule has 2 aliphatic heterocycles. The van der Waals surface area contributed by atoms with Gasteiger partial charge in [-0.05, 0) is 48.4 Å². The van der Waals surface area contributed by atoms with Crippen LogP contribution in [0.2, 0.25) is 0 Å². The van der Waals surface area contributed by atoms with Crippen LogP contribution in [0.15, 0.2) is 29.5 Å². The maximum atomic E-state index is 15.0. The lowest BCUT2D eigenvalue weighted by atomic mass is 9.94. The smallest absolute Gasteiger partial charge is 0.270 e. The molecule has 1 aromatic carbocycles. The van der Waals surface area contributed by atoms with E-state index in [1.54, 1.807) is 30.2 Å². The Labute approximate surface area is 187 Å². The standard InChI is InChI=1S/C24H31F2N5O/c1-15(2)12-31-8-6-22(21(26)14-31)29-24(32)23-19-9-16(17-11-28-30(3)13-17)10-20(25)18(19)5-4-7-27-23/h9-11,13,15,21-22H,4-8,12,14H2,1-3H3,(H,29,32)/t21-,22-/m0/s1. The number of hydrogen-bond acceptors (Lipinski definition) is 4. The van der Waals surface area contributed by atoms with Gasteiger partial charge in [-0.2, -0.15) is 5.10 Å². The molecule has 32 heavy (non-hydrogen) atoms. The van der Waals surface area contributed by atoms with Crippen LogP contribution in [0, 0.1) is 11.7 Å². The number of hydrogen-bond donors (Lipinski definition) is 1. The summed E-state index contributed by atoms with van der Waals surface area (Å²) in [6, 6.07) is 2.72. The third-order valence-corrected chi connectivity index (χ3v) is 6.12. The topological polar surface area (TPSA) is 62.5 Å². The quantitative estimate of drug-likeness (QED) is 0.772. The van der Waals surface area contributed by atoms with Gasteiger partial charge < -0.3 is 10.2 Å². The maximum Gasteiger partial charge on any atom is 0.270 e. The average molecular weight is 444 g/mol. The molecule has 6 nitrogen and oxygen atoms in total. The summed E-state index contributed by atoms with van der Waals surface area (Å²) in [5.41, 5.74) is 2.58. The van der Waals surface area contributed by atoms with E-state index in [2.05, 4.69) is 34.2 Å². The number of aryl methyl sites for hydroxylation is 1. The average Bonchev–Trinajstić information content (AvgIpc) is 3.04. The van der Waals surface area contributed by atoms with Gasteiger partial charge in [0.05, 0.1) is 12.2 Å². The molecule has 2 aliphatic rings. The SMILES string of the molecule is CC(C)CN1CC[C@H](NC(=O)C2=NCCCc3c(F)cc(-c4cnn(C)c4)cc32)[C@@H](F)C1. The summed E-state index contributed by atoms with van der Waals surface area (Å²) in [4.78, 5) is 19.8. The number of halogens is 2. The Kier molecular flexibility index (Phi) is 6.69. The van der Waals surface area contributed by atoms with Crippen molar-refractivity contribution >= 4 is 11.6 Å². The van der Waals surface area contributed by atoms with E-state index in [1.165, 1.54) is 6.07 Å². The fraction of sp³-hybridized carbons (Fsp3) is 0.542. The maximum absolute atomic E-state index is 15.0. The van der Waals surface area contributed by atoms with Crippen molar-refractivity contribution in [2.24, 2.45) is 18.0 Å². The molecule has 0 aliphatic carbocycles. The van der Waals surface area contributed by atoms with Crippen LogP contribution in [0.1, 0.15) is 37.8 Å². The third-order valence-electron chi connectivity index (χ3n) is 6.12. The van der Waals surface area contributed by atoms with Crippen molar-refractivity contribution in [2.75, 3.05) is 26.2 Å². The van der Waals surface area contributed by atoms with Gasteiger partial charge in [0, 0.05) is 50.6 Å². The fourth-order valence-electron chi connectivity index (χ4n) is 4.61. The van der Waals surface area contributed by atoms with Crippen LogP contribution in [0.3, 0.4) is 0 Å². The van der Waals surface area contributed by atoms with E-state index in [9.17, 15) is 9.18 Å². The van der Waals surface area contributed by atoms with Crippen molar-refractivity contribution < 1.29 is 13.6 Å². The fourth-order valence-corrected chi connectivity index (χ4v) is 4.61. The summed E-state index contributed by atoms with van der Waals surface area (Å²) in [6.07, 6.45) is 4.03. The van der Waals surface area contributed by atoms with E-state index >= 15 is 4.39 Å². The number of nitrogens with zero attached hydrogens (tertiary/aromatic N) is 4. The minimum Gasteiger partial charge on any atom is -0.345 e. The van der Waals surface area contributed by atoms with Crippen LogP contribution in [-0.2, 0) is 18.3 Å². The number of carbonyl (C=O) groups is 1. The van der Waals surface area contributed by atoms with E-state index < -0.39 is 18.1 Å².